The molecule has 1 atom stereocenters. The summed E-state index contributed by atoms with van der Waals surface area (Å²) in [7, 11) is 1.84. The van der Waals surface area contributed by atoms with Crippen LogP contribution in [0.5, 0.6) is 11.5 Å². The first-order valence-electron chi connectivity index (χ1n) is 11.1. The van der Waals surface area contributed by atoms with Crippen LogP contribution in [-0.4, -0.2) is 44.3 Å². The third-order valence-corrected chi connectivity index (χ3v) is 6.37. The number of hydrogen-bond acceptors (Lipinski definition) is 4. The molecule has 32 heavy (non-hydrogen) atoms. The van der Waals surface area contributed by atoms with Crippen molar-refractivity contribution in [2.75, 3.05) is 33.5 Å². The van der Waals surface area contributed by atoms with Crippen molar-refractivity contribution in [1.29, 1.82) is 0 Å². The highest BCUT2D eigenvalue weighted by molar-refractivity contribution is 5.99. The van der Waals surface area contributed by atoms with Crippen LogP contribution in [0, 0.1) is 0 Å². The monoisotopic (exact) mass is 429 g/mol. The van der Waals surface area contributed by atoms with E-state index in [4.69, 9.17) is 14.2 Å². The third kappa shape index (κ3) is 3.96. The summed E-state index contributed by atoms with van der Waals surface area (Å²) < 4.78 is 16.7. The topological polar surface area (TPSA) is 48.0 Å². The second kappa shape index (κ2) is 8.67. The van der Waals surface area contributed by atoms with E-state index in [1.165, 1.54) is 11.1 Å². The van der Waals surface area contributed by atoms with Gasteiger partial charge in [0.1, 0.15) is 13.2 Å². The Balaban J connectivity index is 1.37. The van der Waals surface area contributed by atoms with E-state index in [2.05, 4.69) is 24.3 Å². The molecule has 2 aliphatic rings. The first-order valence-corrected chi connectivity index (χ1v) is 11.1. The molecule has 3 aromatic rings. The predicted octanol–water partition coefficient (Wildman–Crippen LogP) is 5.25. The lowest BCUT2D eigenvalue weighted by molar-refractivity contribution is 0.0742. The minimum absolute atomic E-state index is 0.00879. The van der Waals surface area contributed by atoms with Gasteiger partial charge in [-0.05, 0) is 71.1 Å². The van der Waals surface area contributed by atoms with Crippen LogP contribution in [0.2, 0.25) is 0 Å². The van der Waals surface area contributed by atoms with Gasteiger partial charge in [0, 0.05) is 12.6 Å². The molecule has 0 fully saturated rings. The number of hydrogen-bond donors (Lipinski definition) is 0. The van der Waals surface area contributed by atoms with Crippen LogP contribution in [0.1, 0.15) is 40.9 Å². The Labute approximate surface area is 188 Å². The maximum Gasteiger partial charge on any atom is 0.254 e. The van der Waals surface area contributed by atoms with Gasteiger partial charge in [-0.15, -0.1) is 0 Å². The second-order valence-electron chi connectivity index (χ2n) is 8.33. The van der Waals surface area contributed by atoms with Crippen molar-refractivity contribution < 1.29 is 19.0 Å². The molecule has 0 aliphatic carbocycles. The molecule has 0 N–H and O–H groups in total. The zero-order valence-electron chi connectivity index (χ0n) is 18.5. The number of fused-ring (bicyclic) bond motifs is 2. The first kappa shape index (κ1) is 20.6. The number of carbonyl (C=O) groups excluding carboxylic acids is 1. The van der Waals surface area contributed by atoms with Gasteiger partial charge in [-0.25, -0.2) is 0 Å². The molecular weight excluding hydrogens is 402 g/mol. The smallest absolute Gasteiger partial charge is 0.254 e. The molecule has 5 heteroatoms. The summed E-state index contributed by atoms with van der Waals surface area (Å²) in [6.45, 7) is 4.58. The maximum atomic E-state index is 13.3. The van der Waals surface area contributed by atoms with E-state index in [9.17, 15) is 4.79 Å². The van der Waals surface area contributed by atoms with Crippen LogP contribution in [-0.2, 0) is 4.74 Å². The molecule has 3 aromatic carbocycles. The van der Waals surface area contributed by atoms with Crippen molar-refractivity contribution in [2.24, 2.45) is 0 Å². The van der Waals surface area contributed by atoms with Crippen LogP contribution in [0.4, 0.5) is 0 Å². The SMILES string of the molecule is CC(c1ccc2c(c1)OCCO2)N(C)C(=O)c1ccc2cc(C3=CCOCC3)ccc2c1. The van der Waals surface area contributed by atoms with Crippen molar-refractivity contribution >= 4 is 22.3 Å². The number of ether oxygens (including phenoxy) is 3. The number of carbonyl (C=O) groups is 1. The molecule has 0 radical (unpaired) electrons. The van der Waals surface area contributed by atoms with Crippen LogP contribution in [0.15, 0.2) is 60.7 Å². The average molecular weight is 430 g/mol. The van der Waals surface area contributed by atoms with Crippen molar-refractivity contribution in [3.63, 3.8) is 0 Å². The minimum atomic E-state index is -0.100. The number of amides is 1. The van der Waals surface area contributed by atoms with Gasteiger partial charge >= 0.3 is 0 Å². The van der Waals surface area contributed by atoms with Gasteiger partial charge in [-0.3, -0.25) is 4.79 Å². The summed E-state index contributed by atoms with van der Waals surface area (Å²) in [5.41, 5.74) is 4.25. The zero-order valence-corrected chi connectivity index (χ0v) is 18.5. The van der Waals surface area contributed by atoms with E-state index < -0.39 is 0 Å². The lowest BCUT2D eigenvalue weighted by Gasteiger charge is -2.27. The standard InChI is InChI=1S/C27H27NO4/c1-18(20-7-8-25-26(17-20)32-14-13-31-25)28(2)27(29)24-6-5-22-15-21(3-4-23(22)16-24)19-9-11-30-12-10-19/h3-9,15-18H,10-14H2,1-2H3. The van der Waals surface area contributed by atoms with Crippen molar-refractivity contribution in [3.8, 4) is 11.5 Å². The highest BCUT2D eigenvalue weighted by Crippen LogP contribution is 2.34. The molecular formula is C27H27NO4. The Kier molecular flexibility index (Phi) is 5.58. The van der Waals surface area contributed by atoms with Gasteiger partial charge in [-0.2, -0.15) is 0 Å². The Morgan fingerprint density at radius 2 is 1.69 bits per heavy atom. The molecule has 5 nitrogen and oxygen atoms in total. The van der Waals surface area contributed by atoms with Gasteiger partial charge in [0.2, 0.25) is 0 Å². The van der Waals surface area contributed by atoms with Crippen LogP contribution >= 0.6 is 0 Å². The van der Waals surface area contributed by atoms with Crippen molar-refractivity contribution in [3.05, 3.63) is 77.4 Å². The Hall–Kier alpha value is -3.31. The molecule has 0 saturated carbocycles. The molecule has 0 aromatic heterocycles. The van der Waals surface area contributed by atoms with Gasteiger partial charge in [0.05, 0.1) is 19.3 Å². The lowest BCUT2D eigenvalue weighted by atomic mass is 9.97. The number of benzene rings is 3. The van der Waals surface area contributed by atoms with E-state index in [1.54, 1.807) is 4.90 Å². The Morgan fingerprint density at radius 1 is 0.906 bits per heavy atom. The quantitative estimate of drug-likeness (QED) is 0.569. The van der Waals surface area contributed by atoms with Crippen LogP contribution < -0.4 is 9.47 Å². The van der Waals surface area contributed by atoms with Gasteiger partial charge < -0.3 is 19.1 Å². The Morgan fingerprint density at radius 3 is 2.50 bits per heavy atom. The maximum absolute atomic E-state index is 13.3. The number of nitrogens with zero attached hydrogens (tertiary/aromatic N) is 1. The summed E-state index contributed by atoms with van der Waals surface area (Å²) in [5, 5.41) is 2.20. The third-order valence-electron chi connectivity index (χ3n) is 6.37. The summed E-state index contributed by atoms with van der Waals surface area (Å²) >= 11 is 0. The summed E-state index contributed by atoms with van der Waals surface area (Å²) in [4.78, 5) is 15.0. The largest absolute Gasteiger partial charge is 0.486 e. The van der Waals surface area contributed by atoms with Crippen molar-refractivity contribution in [2.45, 2.75) is 19.4 Å². The summed E-state index contributed by atoms with van der Waals surface area (Å²) in [6.07, 6.45) is 3.08. The average Bonchev–Trinajstić information content (AvgIpc) is 2.87. The highest BCUT2D eigenvalue weighted by Gasteiger charge is 2.21. The highest BCUT2D eigenvalue weighted by atomic mass is 16.6. The van der Waals surface area contributed by atoms with Gasteiger partial charge in [-0.1, -0.05) is 30.3 Å². The summed E-state index contributed by atoms with van der Waals surface area (Å²) in [6, 6.07) is 18.1. The molecule has 0 bridgehead atoms. The van der Waals surface area contributed by atoms with Gasteiger partial charge in [0.25, 0.3) is 5.91 Å². The molecule has 5 rings (SSSR count). The fourth-order valence-corrected chi connectivity index (χ4v) is 4.29. The van der Waals surface area contributed by atoms with Crippen LogP contribution in [0.25, 0.3) is 16.3 Å². The minimum Gasteiger partial charge on any atom is -0.486 e. The molecule has 2 aliphatic heterocycles. The fourth-order valence-electron chi connectivity index (χ4n) is 4.29. The first-order chi connectivity index (χ1) is 15.6. The van der Waals surface area contributed by atoms with E-state index in [-0.39, 0.29) is 11.9 Å². The zero-order chi connectivity index (χ0) is 22.1. The lowest BCUT2D eigenvalue weighted by Crippen LogP contribution is -2.29. The summed E-state index contributed by atoms with van der Waals surface area (Å²) in [5.74, 6) is 1.49. The molecule has 1 amide bonds. The Bertz CT molecular complexity index is 1200. The normalized spacial score (nSPS) is 16.4. The molecule has 1 unspecified atom stereocenters. The molecule has 0 spiro atoms. The van der Waals surface area contributed by atoms with Gasteiger partial charge in [0.15, 0.2) is 11.5 Å². The fraction of sp³-hybridized carbons (Fsp3) is 0.296. The van der Waals surface area contributed by atoms with Crippen LogP contribution in [0.3, 0.4) is 0 Å². The number of rotatable bonds is 4. The second-order valence-corrected chi connectivity index (χ2v) is 8.33. The van der Waals surface area contributed by atoms with E-state index in [0.29, 0.717) is 25.4 Å². The van der Waals surface area contributed by atoms with Crippen molar-refractivity contribution in [1.82, 2.24) is 4.90 Å². The van der Waals surface area contributed by atoms with E-state index in [0.717, 1.165) is 40.9 Å². The molecule has 2 heterocycles. The molecule has 0 saturated heterocycles. The predicted molar refractivity (Wildman–Crippen MR) is 125 cm³/mol. The molecule has 164 valence electrons. The van der Waals surface area contributed by atoms with E-state index >= 15 is 0 Å². The van der Waals surface area contributed by atoms with E-state index in [1.807, 2.05) is 50.4 Å².